The summed E-state index contributed by atoms with van der Waals surface area (Å²) in [5.41, 5.74) is 0.729. The van der Waals surface area contributed by atoms with Gasteiger partial charge in [0.25, 0.3) is 5.56 Å². The smallest absolute Gasteiger partial charge is 0.251 e. The van der Waals surface area contributed by atoms with Crippen LogP contribution >= 0.6 is 0 Å². The third-order valence-electron chi connectivity index (χ3n) is 1.97. The van der Waals surface area contributed by atoms with Crippen LogP contribution in [0.4, 0.5) is 0 Å². The molecule has 1 heterocycles. The molecule has 0 radical (unpaired) electrons. The largest absolute Gasteiger partial charge is 0.492 e. The summed E-state index contributed by atoms with van der Waals surface area (Å²) >= 11 is 0. The summed E-state index contributed by atoms with van der Waals surface area (Å²) in [7, 11) is 0. The van der Waals surface area contributed by atoms with E-state index in [1.54, 1.807) is 10.6 Å². The van der Waals surface area contributed by atoms with Gasteiger partial charge in [-0.25, -0.2) is 0 Å². The molecule has 0 unspecified atom stereocenters. The zero-order chi connectivity index (χ0) is 10.6. The van der Waals surface area contributed by atoms with Gasteiger partial charge >= 0.3 is 0 Å². The highest BCUT2D eigenvalue weighted by Gasteiger charge is 2.05. The Morgan fingerprint density at radius 3 is 2.79 bits per heavy atom. The summed E-state index contributed by atoms with van der Waals surface area (Å²) in [6.07, 6.45) is 0. The molecular weight excluding hydrogens is 178 g/mol. The first kappa shape index (κ1) is 10.6. The number of hydrogen-bond donors (Lipinski definition) is 0. The number of hydrogen-bond acceptors (Lipinski definition) is 2. The number of pyridine rings is 1. The first-order valence-electron chi connectivity index (χ1n) is 4.72. The van der Waals surface area contributed by atoms with Gasteiger partial charge in [0.05, 0.1) is 12.3 Å². The van der Waals surface area contributed by atoms with Crippen molar-refractivity contribution >= 4 is 5.76 Å². The Morgan fingerprint density at radius 1 is 1.50 bits per heavy atom. The summed E-state index contributed by atoms with van der Waals surface area (Å²) in [6.45, 7) is 8.78. The van der Waals surface area contributed by atoms with E-state index in [1.807, 2.05) is 19.9 Å². The van der Waals surface area contributed by atoms with Crippen LogP contribution in [0.2, 0.25) is 0 Å². The van der Waals surface area contributed by atoms with Crippen LogP contribution in [-0.4, -0.2) is 11.2 Å². The maximum atomic E-state index is 11.4. The lowest BCUT2D eigenvalue weighted by atomic mass is 10.3. The van der Waals surface area contributed by atoms with Gasteiger partial charge in [0.2, 0.25) is 0 Å². The molecule has 0 N–H and O–H groups in total. The Morgan fingerprint density at radius 2 is 2.21 bits per heavy atom. The highest BCUT2D eigenvalue weighted by molar-refractivity contribution is 5.53. The number of rotatable bonds is 4. The molecule has 3 heteroatoms. The minimum Gasteiger partial charge on any atom is -0.492 e. The van der Waals surface area contributed by atoms with Gasteiger partial charge in [0.1, 0.15) is 5.76 Å². The van der Waals surface area contributed by atoms with E-state index in [1.165, 1.54) is 6.07 Å². The van der Waals surface area contributed by atoms with E-state index in [0.717, 1.165) is 5.69 Å². The van der Waals surface area contributed by atoms with Gasteiger partial charge in [-0.2, -0.15) is 0 Å². The van der Waals surface area contributed by atoms with Crippen molar-refractivity contribution in [2.75, 3.05) is 6.61 Å². The van der Waals surface area contributed by atoms with Gasteiger partial charge < -0.3 is 9.30 Å². The molecule has 0 amide bonds. The maximum absolute atomic E-state index is 11.4. The van der Waals surface area contributed by atoms with Crippen LogP contribution in [0.1, 0.15) is 19.5 Å². The van der Waals surface area contributed by atoms with E-state index in [9.17, 15) is 4.79 Å². The molecular formula is C11H15NO2. The summed E-state index contributed by atoms with van der Waals surface area (Å²) < 4.78 is 6.91. The molecule has 1 aromatic rings. The van der Waals surface area contributed by atoms with Crippen LogP contribution in [0.5, 0.6) is 0 Å². The molecule has 76 valence electrons. The molecule has 0 aromatic carbocycles. The molecule has 0 atom stereocenters. The third kappa shape index (κ3) is 2.05. The van der Waals surface area contributed by atoms with Crippen molar-refractivity contribution in [1.29, 1.82) is 0 Å². The number of ether oxygens (including phenoxy) is 1. The predicted molar refractivity (Wildman–Crippen MR) is 57.0 cm³/mol. The Labute approximate surface area is 83.6 Å². The maximum Gasteiger partial charge on any atom is 0.251 e. The minimum absolute atomic E-state index is 0.0224. The molecule has 0 aliphatic carbocycles. The molecule has 0 bridgehead atoms. The molecule has 1 aromatic heterocycles. The fourth-order valence-electron chi connectivity index (χ4n) is 1.34. The van der Waals surface area contributed by atoms with Gasteiger partial charge in [0, 0.05) is 12.6 Å². The summed E-state index contributed by atoms with van der Waals surface area (Å²) in [5.74, 6) is 0.548. The Kier molecular flexibility index (Phi) is 3.51. The molecule has 0 saturated heterocycles. The highest BCUT2D eigenvalue weighted by Crippen LogP contribution is 2.11. The van der Waals surface area contributed by atoms with E-state index in [0.29, 0.717) is 18.9 Å². The fourth-order valence-corrected chi connectivity index (χ4v) is 1.34. The van der Waals surface area contributed by atoms with Crippen molar-refractivity contribution < 1.29 is 4.74 Å². The first-order valence-corrected chi connectivity index (χ1v) is 4.72. The lowest BCUT2D eigenvalue weighted by molar-refractivity contribution is 0.295. The zero-order valence-electron chi connectivity index (χ0n) is 8.62. The van der Waals surface area contributed by atoms with Crippen molar-refractivity contribution in [3.05, 3.63) is 40.8 Å². The zero-order valence-corrected chi connectivity index (χ0v) is 8.62. The van der Waals surface area contributed by atoms with Crippen molar-refractivity contribution in [3.63, 3.8) is 0 Å². The van der Waals surface area contributed by atoms with Crippen LogP contribution in [0, 0.1) is 0 Å². The predicted octanol–water partition coefficient (Wildman–Crippen LogP) is 1.88. The normalized spacial score (nSPS) is 9.86. The summed E-state index contributed by atoms with van der Waals surface area (Å²) in [4.78, 5) is 11.4. The molecule has 3 nitrogen and oxygen atoms in total. The van der Waals surface area contributed by atoms with Crippen molar-refractivity contribution in [1.82, 2.24) is 4.57 Å². The average molecular weight is 193 g/mol. The number of aromatic nitrogens is 1. The monoisotopic (exact) mass is 193 g/mol. The Hall–Kier alpha value is -1.51. The van der Waals surface area contributed by atoms with E-state index in [-0.39, 0.29) is 5.56 Å². The van der Waals surface area contributed by atoms with E-state index < -0.39 is 0 Å². The van der Waals surface area contributed by atoms with Gasteiger partial charge in [0.15, 0.2) is 0 Å². The molecule has 0 spiro atoms. The van der Waals surface area contributed by atoms with Crippen LogP contribution in [0.15, 0.2) is 29.6 Å². The lowest BCUT2D eigenvalue weighted by Gasteiger charge is -2.12. The van der Waals surface area contributed by atoms with Gasteiger partial charge in [-0.05, 0) is 19.9 Å². The van der Waals surface area contributed by atoms with Crippen molar-refractivity contribution in [3.8, 4) is 0 Å². The van der Waals surface area contributed by atoms with Gasteiger partial charge in [-0.3, -0.25) is 4.79 Å². The summed E-state index contributed by atoms with van der Waals surface area (Å²) in [5, 5.41) is 0. The van der Waals surface area contributed by atoms with Crippen molar-refractivity contribution in [2.45, 2.75) is 20.4 Å². The summed E-state index contributed by atoms with van der Waals surface area (Å²) in [6, 6.07) is 5.09. The Bertz CT molecular complexity index is 379. The molecule has 0 aliphatic heterocycles. The molecule has 0 aliphatic rings. The molecule has 1 rings (SSSR count). The lowest BCUT2D eigenvalue weighted by Crippen LogP contribution is -2.21. The third-order valence-corrected chi connectivity index (χ3v) is 1.97. The first-order chi connectivity index (χ1) is 6.70. The second-order valence-electron chi connectivity index (χ2n) is 2.85. The topological polar surface area (TPSA) is 31.2 Å². The van der Waals surface area contributed by atoms with Crippen LogP contribution < -0.4 is 5.56 Å². The fraction of sp³-hybridized carbons (Fsp3) is 0.364. The second kappa shape index (κ2) is 4.65. The van der Waals surface area contributed by atoms with Crippen LogP contribution in [-0.2, 0) is 11.3 Å². The van der Waals surface area contributed by atoms with Crippen molar-refractivity contribution in [2.24, 2.45) is 0 Å². The molecule has 0 fully saturated rings. The number of nitrogens with zero attached hydrogens (tertiary/aromatic N) is 1. The molecule has 0 saturated carbocycles. The van der Waals surface area contributed by atoms with Crippen LogP contribution in [0.3, 0.4) is 0 Å². The second-order valence-corrected chi connectivity index (χ2v) is 2.85. The van der Waals surface area contributed by atoms with E-state index >= 15 is 0 Å². The quantitative estimate of drug-likeness (QED) is 0.683. The van der Waals surface area contributed by atoms with E-state index in [4.69, 9.17) is 4.74 Å². The van der Waals surface area contributed by atoms with Gasteiger partial charge in [-0.1, -0.05) is 12.6 Å². The van der Waals surface area contributed by atoms with Crippen LogP contribution in [0.25, 0.3) is 5.76 Å². The van der Waals surface area contributed by atoms with E-state index in [2.05, 4.69) is 6.58 Å². The minimum atomic E-state index is -0.0224. The standard InChI is InChI=1S/C11H15NO2/c1-4-12-10(9(3)14-5-2)7-6-8-11(12)13/h6-8H,3-5H2,1-2H3. The highest BCUT2D eigenvalue weighted by atomic mass is 16.5. The van der Waals surface area contributed by atoms with Gasteiger partial charge in [-0.15, -0.1) is 0 Å². The molecule has 14 heavy (non-hydrogen) atoms. The average Bonchev–Trinajstić information content (AvgIpc) is 2.17. The Balaban J connectivity index is 3.14. The SMILES string of the molecule is C=C(OCC)c1cccc(=O)n1CC.